The SMILES string of the molecule is COc1ccc(N2CCCC2)cc1N1CCC(N(C)C)CC1. The molecule has 122 valence electrons. The van der Waals surface area contributed by atoms with Crippen LogP contribution in [0.25, 0.3) is 0 Å². The largest absolute Gasteiger partial charge is 0.495 e. The maximum Gasteiger partial charge on any atom is 0.142 e. The zero-order valence-corrected chi connectivity index (χ0v) is 14.2. The zero-order valence-electron chi connectivity index (χ0n) is 14.2. The van der Waals surface area contributed by atoms with Crippen LogP contribution in [0.1, 0.15) is 25.7 Å². The van der Waals surface area contributed by atoms with E-state index < -0.39 is 0 Å². The van der Waals surface area contributed by atoms with Crippen molar-refractivity contribution in [1.29, 1.82) is 0 Å². The standard InChI is InChI=1S/C18H29N3O/c1-19(2)15-8-12-21(13-9-15)17-14-16(6-7-18(17)22-3)20-10-4-5-11-20/h6-7,14-15H,4-5,8-13H2,1-3H3. The first-order valence-corrected chi connectivity index (χ1v) is 8.53. The summed E-state index contributed by atoms with van der Waals surface area (Å²) in [7, 11) is 6.16. The molecule has 4 heteroatoms. The fraction of sp³-hybridized carbons (Fsp3) is 0.667. The highest BCUT2D eigenvalue weighted by Gasteiger charge is 2.23. The Morgan fingerprint density at radius 2 is 1.68 bits per heavy atom. The van der Waals surface area contributed by atoms with Crippen molar-refractivity contribution in [2.75, 3.05) is 57.2 Å². The lowest BCUT2D eigenvalue weighted by molar-refractivity contribution is 0.249. The molecule has 2 saturated heterocycles. The van der Waals surface area contributed by atoms with Gasteiger partial charge in [0.1, 0.15) is 5.75 Å². The monoisotopic (exact) mass is 303 g/mol. The second kappa shape index (κ2) is 6.78. The molecule has 22 heavy (non-hydrogen) atoms. The van der Waals surface area contributed by atoms with Gasteiger partial charge in [-0.15, -0.1) is 0 Å². The first-order valence-electron chi connectivity index (χ1n) is 8.53. The third kappa shape index (κ3) is 3.17. The van der Waals surface area contributed by atoms with Crippen LogP contribution in [0.3, 0.4) is 0 Å². The van der Waals surface area contributed by atoms with Gasteiger partial charge in [-0.05, 0) is 58.0 Å². The Hall–Kier alpha value is -1.42. The molecule has 1 aromatic carbocycles. The molecule has 2 aliphatic heterocycles. The van der Waals surface area contributed by atoms with Gasteiger partial charge in [0, 0.05) is 37.9 Å². The van der Waals surface area contributed by atoms with Gasteiger partial charge < -0.3 is 19.4 Å². The van der Waals surface area contributed by atoms with Gasteiger partial charge in [0.25, 0.3) is 0 Å². The lowest BCUT2D eigenvalue weighted by Crippen LogP contribution is -2.42. The summed E-state index contributed by atoms with van der Waals surface area (Å²) in [5.41, 5.74) is 2.62. The summed E-state index contributed by atoms with van der Waals surface area (Å²) in [6.07, 6.45) is 5.08. The minimum Gasteiger partial charge on any atom is -0.495 e. The van der Waals surface area contributed by atoms with Gasteiger partial charge in [-0.1, -0.05) is 0 Å². The van der Waals surface area contributed by atoms with E-state index in [2.05, 4.69) is 47.0 Å². The number of hydrogen-bond acceptors (Lipinski definition) is 4. The Balaban J connectivity index is 1.78. The highest BCUT2D eigenvalue weighted by molar-refractivity contribution is 5.67. The van der Waals surface area contributed by atoms with Crippen LogP contribution < -0.4 is 14.5 Å². The van der Waals surface area contributed by atoms with Crippen molar-refractivity contribution < 1.29 is 4.74 Å². The molecule has 0 radical (unpaired) electrons. The summed E-state index contributed by atoms with van der Waals surface area (Å²) >= 11 is 0. The van der Waals surface area contributed by atoms with Crippen molar-refractivity contribution in [2.45, 2.75) is 31.7 Å². The van der Waals surface area contributed by atoms with Crippen LogP contribution >= 0.6 is 0 Å². The van der Waals surface area contributed by atoms with Crippen LogP contribution in [0, 0.1) is 0 Å². The van der Waals surface area contributed by atoms with Crippen molar-refractivity contribution in [1.82, 2.24) is 4.90 Å². The molecular formula is C18H29N3O. The third-order valence-corrected chi connectivity index (χ3v) is 5.17. The predicted molar refractivity (Wildman–Crippen MR) is 93.4 cm³/mol. The van der Waals surface area contributed by atoms with Crippen LogP contribution in [-0.4, -0.2) is 58.3 Å². The molecule has 1 aromatic rings. The second-order valence-electron chi connectivity index (χ2n) is 6.73. The van der Waals surface area contributed by atoms with Crippen LogP contribution in [0.15, 0.2) is 18.2 Å². The predicted octanol–water partition coefficient (Wildman–Crippen LogP) is 2.83. The molecule has 0 amide bonds. The Labute approximate surface area is 134 Å². The number of rotatable bonds is 4. The van der Waals surface area contributed by atoms with Crippen LogP contribution in [0.2, 0.25) is 0 Å². The van der Waals surface area contributed by atoms with E-state index in [0.29, 0.717) is 6.04 Å². The molecule has 0 bridgehead atoms. The maximum absolute atomic E-state index is 5.62. The van der Waals surface area contributed by atoms with Crippen molar-refractivity contribution in [3.05, 3.63) is 18.2 Å². The summed E-state index contributed by atoms with van der Waals surface area (Å²) in [6, 6.07) is 7.39. The van der Waals surface area contributed by atoms with Gasteiger partial charge >= 0.3 is 0 Å². The van der Waals surface area contributed by atoms with E-state index >= 15 is 0 Å². The Morgan fingerprint density at radius 3 is 2.27 bits per heavy atom. The molecule has 2 fully saturated rings. The Bertz CT molecular complexity index is 489. The van der Waals surface area contributed by atoms with Gasteiger partial charge in [-0.3, -0.25) is 0 Å². The van der Waals surface area contributed by atoms with E-state index in [1.54, 1.807) is 7.11 Å². The lowest BCUT2D eigenvalue weighted by atomic mass is 10.0. The highest BCUT2D eigenvalue weighted by atomic mass is 16.5. The molecule has 2 aliphatic rings. The highest BCUT2D eigenvalue weighted by Crippen LogP contribution is 2.35. The number of anilines is 2. The van der Waals surface area contributed by atoms with Crippen molar-refractivity contribution in [3.63, 3.8) is 0 Å². The van der Waals surface area contributed by atoms with Crippen molar-refractivity contribution in [2.24, 2.45) is 0 Å². The summed E-state index contributed by atoms with van der Waals surface area (Å²) in [6.45, 7) is 4.61. The van der Waals surface area contributed by atoms with E-state index in [1.165, 1.54) is 50.1 Å². The minimum absolute atomic E-state index is 0.712. The van der Waals surface area contributed by atoms with Crippen LogP contribution in [0.5, 0.6) is 5.75 Å². The van der Waals surface area contributed by atoms with Gasteiger partial charge in [0.15, 0.2) is 0 Å². The van der Waals surface area contributed by atoms with Gasteiger partial charge in [0.05, 0.1) is 12.8 Å². The zero-order chi connectivity index (χ0) is 15.5. The molecule has 0 atom stereocenters. The number of methoxy groups -OCH3 is 1. The molecule has 0 aromatic heterocycles. The Morgan fingerprint density at radius 1 is 1.00 bits per heavy atom. The van der Waals surface area contributed by atoms with Crippen molar-refractivity contribution in [3.8, 4) is 5.75 Å². The molecule has 3 rings (SSSR count). The summed E-state index contributed by atoms with van der Waals surface area (Å²) in [5, 5.41) is 0. The fourth-order valence-electron chi connectivity index (χ4n) is 3.72. The quantitative estimate of drug-likeness (QED) is 0.851. The number of ether oxygens (including phenoxy) is 1. The van der Waals surface area contributed by atoms with E-state index in [1.807, 2.05) is 0 Å². The van der Waals surface area contributed by atoms with E-state index in [0.717, 1.165) is 18.8 Å². The second-order valence-corrected chi connectivity index (χ2v) is 6.73. The third-order valence-electron chi connectivity index (χ3n) is 5.17. The van der Waals surface area contributed by atoms with Crippen molar-refractivity contribution >= 4 is 11.4 Å². The number of hydrogen-bond donors (Lipinski definition) is 0. The normalized spacial score (nSPS) is 20.0. The van der Waals surface area contributed by atoms with Gasteiger partial charge in [-0.25, -0.2) is 0 Å². The average molecular weight is 303 g/mol. The smallest absolute Gasteiger partial charge is 0.142 e. The number of benzene rings is 1. The minimum atomic E-state index is 0.712. The number of nitrogens with zero attached hydrogens (tertiary/aromatic N) is 3. The van der Waals surface area contributed by atoms with E-state index in [-0.39, 0.29) is 0 Å². The molecule has 2 heterocycles. The van der Waals surface area contributed by atoms with E-state index in [4.69, 9.17) is 4.74 Å². The summed E-state index contributed by atoms with van der Waals surface area (Å²) in [5.74, 6) is 1.01. The molecule has 0 aliphatic carbocycles. The number of piperidine rings is 1. The van der Waals surface area contributed by atoms with Crippen LogP contribution in [0.4, 0.5) is 11.4 Å². The average Bonchev–Trinajstić information content (AvgIpc) is 3.09. The summed E-state index contributed by atoms with van der Waals surface area (Å²) in [4.78, 5) is 7.35. The first-order chi connectivity index (χ1) is 10.7. The van der Waals surface area contributed by atoms with Crippen LogP contribution in [-0.2, 0) is 0 Å². The molecular weight excluding hydrogens is 274 g/mol. The lowest BCUT2D eigenvalue weighted by Gasteiger charge is -2.37. The molecule has 4 nitrogen and oxygen atoms in total. The fourth-order valence-corrected chi connectivity index (χ4v) is 3.72. The topological polar surface area (TPSA) is 19.0 Å². The molecule has 0 spiro atoms. The Kier molecular flexibility index (Phi) is 4.77. The summed E-state index contributed by atoms with van der Waals surface area (Å²) < 4.78 is 5.62. The maximum atomic E-state index is 5.62. The molecule has 0 N–H and O–H groups in total. The van der Waals surface area contributed by atoms with E-state index in [9.17, 15) is 0 Å². The van der Waals surface area contributed by atoms with Gasteiger partial charge in [0.2, 0.25) is 0 Å². The van der Waals surface area contributed by atoms with Gasteiger partial charge in [-0.2, -0.15) is 0 Å². The molecule has 0 unspecified atom stereocenters. The first kappa shape index (κ1) is 15.5. The molecule has 0 saturated carbocycles.